The summed E-state index contributed by atoms with van der Waals surface area (Å²) in [6.07, 6.45) is 0. The molecule has 0 bridgehead atoms. The molecule has 5 heteroatoms. The van der Waals surface area contributed by atoms with Crippen LogP contribution >= 0.6 is 0 Å². The summed E-state index contributed by atoms with van der Waals surface area (Å²) in [5, 5.41) is 5.94. The molecule has 0 aliphatic carbocycles. The number of fused-ring (bicyclic) bond motifs is 7. The van der Waals surface area contributed by atoms with E-state index in [0.717, 1.165) is 77.7 Å². The Morgan fingerprint density at radius 1 is 0.270 bits per heavy atom. The summed E-state index contributed by atoms with van der Waals surface area (Å²) >= 11 is 0. The first-order chi connectivity index (χ1) is 31.2. The standard InChI is InChI=1S/C58H37N5/c1-5-15-41(16-6-1)55-48-34-36-52-54(53(48)47-23-13-14-24-50(47)59-55)49-37-45(33-35-51(49)63(52)46-21-11-4-12-22-46)40-27-25-38(26-28-40)39-29-31-44(32-30-39)58-61-56(42-17-7-2-8-18-42)60-57(62-58)43-19-9-3-10-20-43/h1-37H. The van der Waals surface area contributed by atoms with Gasteiger partial charge in [-0.25, -0.2) is 19.9 Å². The van der Waals surface area contributed by atoms with Gasteiger partial charge in [-0.2, -0.15) is 0 Å². The lowest BCUT2D eigenvalue weighted by Crippen LogP contribution is -2.00. The lowest BCUT2D eigenvalue weighted by Gasteiger charge is -2.12. The smallest absolute Gasteiger partial charge is 0.164 e. The monoisotopic (exact) mass is 803 g/mol. The predicted octanol–water partition coefficient (Wildman–Crippen LogP) is 14.7. The van der Waals surface area contributed by atoms with Gasteiger partial charge in [0, 0.05) is 54.9 Å². The van der Waals surface area contributed by atoms with Gasteiger partial charge in [0.1, 0.15) is 0 Å². The molecular formula is C58H37N5. The first-order valence-corrected chi connectivity index (χ1v) is 21.2. The Bertz CT molecular complexity index is 3570. The minimum Gasteiger partial charge on any atom is -0.309 e. The fourth-order valence-corrected chi connectivity index (χ4v) is 9.01. The van der Waals surface area contributed by atoms with Crippen LogP contribution in [-0.2, 0) is 0 Å². The minimum atomic E-state index is 0.641. The van der Waals surface area contributed by atoms with Crippen LogP contribution in [-0.4, -0.2) is 24.5 Å². The van der Waals surface area contributed by atoms with Gasteiger partial charge in [0.05, 0.1) is 22.2 Å². The van der Waals surface area contributed by atoms with E-state index in [2.05, 4.69) is 168 Å². The Balaban J connectivity index is 0.954. The van der Waals surface area contributed by atoms with Crippen molar-refractivity contribution in [1.29, 1.82) is 0 Å². The molecule has 0 amide bonds. The maximum absolute atomic E-state index is 5.26. The van der Waals surface area contributed by atoms with Crippen LogP contribution in [0.15, 0.2) is 224 Å². The predicted molar refractivity (Wildman–Crippen MR) is 260 cm³/mol. The van der Waals surface area contributed by atoms with Crippen molar-refractivity contribution in [2.45, 2.75) is 0 Å². The summed E-state index contributed by atoms with van der Waals surface area (Å²) in [4.78, 5) is 20.0. The highest BCUT2D eigenvalue weighted by Crippen LogP contribution is 2.43. The van der Waals surface area contributed by atoms with Crippen molar-refractivity contribution in [1.82, 2.24) is 24.5 Å². The van der Waals surface area contributed by atoms with E-state index in [9.17, 15) is 0 Å². The summed E-state index contributed by atoms with van der Waals surface area (Å²) in [5.41, 5.74) is 13.9. The number of rotatable bonds is 7. The van der Waals surface area contributed by atoms with Crippen molar-refractivity contribution in [3.63, 3.8) is 0 Å². The topological polar surface area (TPSA) is 56.5 Å². The van der Waals surface area contributed by atoms with Gasteiger partial charge < -0.3 is 4.57 Å². The van der Waals surface area contributed by atoms with Crippen molar-refractivity contribution >= 4 is 43.5 Å². The minimum absolute atomic E-state index is 0.641. The van der Waals surface area contributed by atoms with Crippen LogP contribution in [0.1, 0.15) is 0 Å². The van der Waals surface area contributed by atoms with Crippen LogP contribution in [0, 0.1) is 0 Å². The second-order valence-corrected chi connectivity index (χ2v) is 15.8. The maximum atomic E-state index is 5.26. The van der Waals surface area contributed by atoms with Crippen molar-refractivity contribution in [3.8, 4) is 73.4 Å². The van der Waals surface area contributed by atoms with Gasteiger partial charge in [0.2, 0.25) is 0 Å². The van der Waals surface area contributed by atoms with Crippen molar-refractivity contribution < 1.29 is 0 Å². The second kappa shape index (κ2) is 15.2. The summed E-state index contributed by atoms with van der Waals surface area (Å²) in [7, 11) is 0. The van der Waals surface area contributed by atoms with E-state index in [-0.39, 0.29) is 0 Å². The van der Waals surface area contributed by atoms with E-state index < -0.39 is 0 Å². The zero-order chi connectivity index (χ0) is 41.7. The highest BCUT2D eigenvalue weighted by Gasteiger charge is 2.20. The van der Waals surface area contributed by atoms with Crippen molar-refractivity contribution in [2.75, 3.05) is 0 Å². The molecule has 3 heterocycles. The first-order valence-electron chi connectivity index (χ1n) is 21.2. The van der Waals surface area contributed by atoms with Crippen LogP contribution in [0.5, 0.6) is 0 Å². The van der Waals surface area contributed by atoms with Gasteiger partial charge in [0.15, 0.2) is 17.5 Å². The summed E-state index contributed by atoms with van der Waals surface area (Å²) in [5.74, 6) is 1.94. The van der Waals surface area contributed by atoms with Gasteiger partial charge in [-0.05, 0) is 58.7 Å². The molecule has 5 nitrogen and oxygen atoms in total. The molecule has 0 fully saturated rings. The van der Waals surface area contributed by atoms with Crippen LogP contribution in [0.4, 0.5) is 0 Å². The van der Waals surface area contributed by atoms with Gasteiger partial charge in [-0.15, -0.1) is 0 Å². The number of nitrogens with zero attached hydrogens (tertiary/aromatic N) is 5. The maximum Gasteiger partial charge on any atom is 0.164 e. The third kappa shape index (κ3) is 6.42. The fourth-order valence-electron chi connectivity index (χ4n) is 9.01. The molecule has 294 valence electrons. The number of benzene rings is 9. The largest absolute Gasteiger partial charge is 0.309 e. The van der Waals surface area contributed by atoms with Gasteiger partial charge >= 0.3 is 0 Å². The van der Waals surface area contributed by atoms with Gasteiger partial charge in [-0.1, -0.05) is 188 Å². The molecule has 3 aromatic heterocycles. The third-order valence-electron chi connectivity index (χ3n) is 12.0. The van der Waals surface area contributed by atoms with E-state index in [1.807, 2.05) is 60.7 Å². The molecule has 0 aliphatic heterocycles. The van der Waals surface area contributed by atoms with Crippen LogP contribution < -0.4 is 0 Å². The molecule has 12 rings (SSSR count). The number of hydrogen-bond acceptors (Lipinski definition) is 4. The summed E-state index contributed by atoms with van der Waals surface area (Å²) in [6, 6.07) is 78.8. The highest BCUT2D eigenvalue weighted by atomic mass is 15.0. The Kier molecular flexibility index (Phi) is 8.75. The molecule has 0 saturated carbocycles. The molecule has 63 heavy (non-hydrogen) atoms. The Labute approximate surface area is 364 Å². The van der Waals surface area contributed by atoms with E-state index in [1.54, 1.807) is 0 Å². The van der Waals surface area contributed by atoms with E-state index in [0.29, 0.717) is 17.5 Å². The molecule has 0 saturated heterocycles. The zero-order valence-electron chi connectivity index (χ0n) is 34.1. The molecular weight excluding hydrogens is 767 g/mol. The second-order valence-electron chi connectivity index (χ2n) is 15.8. The molecule has 0 radical (unpaired) electrons. The molecule has 9 aromatic carbocycles. The lowest BCUT2D eigenvalue weighted by atomic mass is 9.95. The Hall–Kier alpha value is -8.54. The Morgan fingerprint density at radius 2 is 0.714 bits per heavy atom. The summed E-state index contributed by atoms with van der Waals surface area (Å²) in [6.45, 7) is 0. The van der Waals surface area contributed by atoms with E-state index in [1.165, 1.54) is 21.7 Å². The van der Waals surface area contributed by atoms with E-state index in [4.69, 9.17) is 19.9 Å². The SMILES string of the molecule is c1ccc(-c2nc(-c3ccccc3)nc(-c3ccc(-c4ccc(-c5ccc6c(c5)c5c7c(ccc5n6-c5ccccc5)c(-c5ccccc5)nc5ccccc57)cc4)cc3)n2)cc1. The molecule has 12 aromatic rings. The van der Waals surface area contributed by atoms with Gasteiger partial charge in [0.25, 0.3) is 0 Å². The molecule has 0 unspecified atom stereocenters. The van der Waals surface area contributed by atoms with E-state index >= 15 is 0 Å². The van der Waals surface area contributed by atoms with Crippen molar-refractivity contribution in [2.24, 2.45) is 0 Å². The summed E-state index contributed by atoms with van der Waals surface area (Å²) < 4.78 is 2.40. The third-order valence-corrected chi connectivity index (χ3v) is 12.0. The van der Waals surface area contributed by atoms with Crippen LogP contribution in [0.3, 0.4) is 0 Å². The van der Waals surface area contributed by atoms with Crippen LogP contribution in [0.25, 0.3) is 117 Å². The average molecular weight is 804 g/mol. The number of pyridine rings is 1. The lowest BCUT2D eigenvalue weighted by molar-refractivity contribution is 1.07. The van der Waals surface area contributed by atoms with Crippen molar-refractivity contribution in [3.05, 3.63) is 224 Å². The molecule has 0 spiro atoms. The number of hydrogen-bond donors (Lipinski definition) is 0. The first kappa shape index (κ1) is 36.3. The number of para-hydroxylation sites is 2. The molecule has 0 aliphatic rings. The highest BCUT2D eigenvalue weighted by molar-refractivity contribution is 6.29. The molecule has 0 N–H and O–H groups in total. The number of aromatic nitrogens is 5. The fraction of sp³-hybridized carbons (Fsp3) is 0. The van der Waals surface area contributed by atoms with Gasteiger partial charge in [-0.3, -0.25) is 0 Å². The average Bonchev–Trinajstić information content (AvgIpc) is 3.71. The normalized spacial score (nSPS) is 11.5. The zero-order valence-corrected chi connectivity index (χ0v) is 34.1. The van der Waals surface area contributed by atoms with Crippen LogP contribution in [0.2, 0.25) is 0 Å². The molecule has 0 atom stereocenters. The quantitative estimate of drug-likeness (QED) is 0.151. The Morgan fingerprint density at radius 3 is 1.30 bits per heavy atom.